The highest BCUT2D eigenvalue weighted by Crippen LogP contribution is 2.21. The minimum atomic E-state index is -1.97. The number of hydrogen-bond donors (Lipinski definition) is 3. The van der Waals surface area contributed by atoms with Crippen molar-refractivity contribution in [3.63, 3.8) is 0 Å². The van der Waals surface area contributed by atoms with Crippen molar-refractivity contribution in [2.75, 3.05) is 0 Å². The molecule has 1 rings (SSSR count). The van der Waals surface area contributed by atoms with Crippen LogP contribution in [-0.4, -0.2) is 43.9 Å². The zero-order valence-corrected chi connectivity index (χ0v) is 12.2. The first-order valence-electron chi connectivity index (χ1n) is 6.78. The molecule has 0 saturated carbocycles. The van der Waals surface area contributed by atoms with E-state index >= 15 is 0 Å². The van der Waals surface area contributed by atoms with E-state index in [1.54, 1.807) is 0 Å². The second-order valence-electron chi connectivity index (χ2n) is 5.16. The van der Waals surface area contributed by atoms with E-state index in [0.29, 0.717) is 6.42 Å². The Morgan fingerprint density at radius 3 is 2.18 bits per heavy atom. The number of amides is 1. The second-order valence-corrected chi connectivity index (χ2v) is 5.16. The summed E-state index contributed by atoms with van der Waals surface area (Å²) in [4.78, 5) is 33.9. The third-order valence-corrected chi connectivity index (χ3v) is 3.46. The van der Waals surface area contributed by atoms with Gasteiger partial charge in [0.25, 0.3) is 0 Å². The summed E-state index contributed by atoms with van der Waals surface area (Å²) in [5.41, 5.74) is -1.08. The lowest BCUT2D eigenvalue weighted by atomic mass is 9.94. The number of hydroxylamine groups is 2. The lowest BCUT2D eigenvalue weighted by Gasteiger charge is -2.32. The fourth-order valence-corrected chi connectivity index (χ4v) is 1.93. The van der Waals surface area contributed by atoms with Crippen LogP contribution in [0.4, 0.5) is 0 Å². The number of carboxylic acids is 2. The Balaban J connectivity index is 2.72. The molecule has 0 aliphatic carbocycles. The first-order valence-corrected chi connectivity index (χ1v) is 6.78. The van der Waals surface area contributed by atoms with Crippen molar-refractivity contribution >= 4 is 17.8 Å². The number of carbonyl (C=O) groups excluding carboxylic acids is 1. The largest absolute Gasteiger partial charge is 0.481 e. The van der Waals surface area contributed by atoms with E-state index in [1.165, 1.54) is 0 Å². The van der Waals surface area contributed by atoms with Crippen LogP contribution in [0.25, 0.3) is 0 Å². The zero-order chi connectivity index (χ0) is 16.8. The Bertz CT molecular complexity index is 544. The van der Waals surface area contributed by atoms with Crippen molar-refractivity contribution < 1.29 is 29.8 Å². The van der Waals surface area contributed by atoms with Crippen LogP contribution in [0.5, 0.6) is 0 Å². The summed E-state index contributed by atoms with van der Waals surface area (Å²) in [6.45, 7) is 1.12. The molecule has 3 N–H and O–H groups in total. The lowest BCUT2D eigenvalue weighted by Crippen LogP contribution is -2.53. The van der Waals surface area contributed by atoms with Gasteiger partial charge in [-0.25, -0.2) is 9.86 Å². The van der Waals surface area contributed by atoms with Gasteiger partial charge in [0.15, 0.2) is 5.54 Å². The molecule has 0 fully saturated rings. The molecule has 7 nitrogen and oxygen atoms in total. The summed E-state index contributed by atoms with van der Waals surface area (Å²) in [7, 11) is 0. The van der Waals surface area contributed by atoms with Crippen LogP contribution < -0.4 is 0 Å². The third kappa shape index (κ3) is 4.56. The van der Waals surface area contributed by atoms with Crippen LogP contribution in [0.2, 0.25) is 0 Å². The molecule has 1 unspecified atom stereocenters. The summed E-state index contributed by atoms with van der Waals surface area (Å²) < 4.78 is 0. The van der Waals surface area contributed by atoms with E-state index in [2.05, 4.69) is 0 Å². The summed E-state index contributed by atoms with van der Waals surface area (Å²) in [6.07, 6.45) is -0.571. The Hall–Kier alpha value is -2.41. The molecule has 0 radical (unpaired) electrons. The van der Waals surface area contributed by atoms with Crippen LogP contribution >= 0.6 is 0 Å². The maximum absolute atomic E-state index is 12.0. The van der Waals surface area contributed by atoms with Crippen molar-refractivity contribution in [2.24, 2.45) is 0 Å². The van der Waals surface area contributed by atoms with Gasteiger partial charge < -0.3 is 10.2 Å². The SMILES string of the molecule is CC(CCC(=O)O)(C(=O)O)N(O)C(=O)CCc1ccccc1. The molecule has 1 aromatic rings. The Kier molecular flexibility index (Phi) is 6.06. The van der Waals surface area contributed by atoms with Crippen LogP contribution in [0.15, 0.2) is 30.3 Å². The van der Waals surface area contributed by atoms with Crippen molar-refractivity contribution in [2.45, 2.75) is 38.1 Å². The van der Waals surface area contributed by atoms with E-state index in [4.69, 9.17) is 5.11 Å². The fourth-order valence-electron chi connectivity index (χ4n) is 1.93. The number of nitrogens with zero attached hydrogens (tertiary/aromatic N) is 1. The highest BCUT2D eigenvalue weighted by atomic mass is 16.5. The number of rotatable bonds is 8. The minimum absolute atomic E-state index is 0.0730. The maximum Gasteiger partial charge on any atom is 0.331 e. The Labute approximate surface area is 127 Å². The molecule has 0 saturated heterocycles. The average Bonchev–Trinajstić information content (AvgIpc) is 2.50. The number of hydrogen-bond acceptors (Lipinski definition) is 4. The van der Waals surface area contributed by atoms with Gasteiger partial charge in [-0.05, 0) is 25.3 Å². The Morgan fingerprint density at radius 1 is 1.09 bits per heavy atom. The van der Waals surface area contributed by atoms with Crippen LogP contribution in [0, 0.1) is 0 Å². The van der Waals surface area contributed by atoms with Gasteiger partial charge in [0, 0.05) is 12.8 Å². The normalized spacial score (nSPS) is 13.2. The predicted molar refractivity (Wildman–Crippen MR) is 76.3 cm³/mol. The van der Waals surface area contributed by atoms with Crippen molar-refractivity contribution in [1.29, 1.82) is 0 Å². The molecule has 0 aliphatic rings. The third-order valence-electron chi connectivity index (χ3n) is 3.46. The minimum Gasteiger partial charge on any atom is -0.481 e. The van der Waals surface area contributed by atoms with Crippen LogP contribution in [0.1, 0.15) is 31.7 Å². The topological polar surface area (TPSA) is 115 Å². The monoisotopic (exact) mass is 309 g/mol. The molecule has 0 bridgehead atoms. The number of carboxylic acid groups (broad SMARTS) is 2. The quantitative estimate of drug-likeness (QED) is 0.495. The molecule has 1 aromatic carbocycles. The number of aryl methyl sites for hydroxylation is 1. The van der Waals surface area contributed by atoms with E-state index in [-0.39, 0.29) is 17.9 Å². The molecular weight excluding hydrogens is 290 g/mol. The number of aliphatic carboxylic acids is 2. The molecule has 0 heterocycles. The summed E-state index contributed by atoms with van der Waals surface area (Å²) in [5, 5.41) is 27.9. The smallest absolute Gasteiger partial charge is 0.331 e. The van der Waals surface area contributed by atoms with Gasteiger partial charge >= 0.3 is 11.9 Å². The molecule has 0 spiro atoms. The molecule has 7 heteroatoms. The van der Waals surface area contributed by atoms with Gasteiger partial charge in [0.2, 0.25) is 5.91 Å². The molecule has 120 valence electrons. The molecule has 1 atom stereocenters. The number of carbonyl (C=O) groups is 3. The van der Waals surface area contributed by atoms with Gasteiger partial charge in [-0.3, -0.25) is 14.8 Å². The summed E-state index contributed by atoms with van der Waals surface area (Å²) in [5.74, 6) is -3.42. The molecule has 0 aliphatic heterocycles. The van der Waals surface area contributed by atoms with Gasteiger partial charge in [-0.15, -0.1) is 0 Å². The molecular formula is C15H19NO6. The standard InChI is InChI=1S/C15H19NO6/c1-15(14(20)21,10-9-13(18)19)16(22)12(17)8-7-11-5-3-2-4-6-11/h2-6,22H,7-10H2,1H3,(H,18,19)(H,20,21). The highest BCUT2D eigenvalue weighted by molar-refractivity contribution is 5.86. The number of benzene rings is 1. The molecule has 1 amide bonds. The predicted octanol–water partition coefficient (Wildman–Crippen LogP) is 1.55. The van der Waals surface area contributed by atoms with E-state index < -0.39 is 29.8 Å². The first-order chi connectivity index (χ1) is 10.3. The highest BCUT2D eigenvalue weighted by Gasteiger charge is 2.42. The maximum atomic E-state index is 12.0. The van der Waals surface area contributed by atoms with Crippen molar-refractivity contribution in [3.05, 3.63) is 35.9 Å². The summed E-state index contributed by atoms with van der Waals surface area (Å²) in [6, 6.07) is 9.08. The zero-order valence-electron chi connectivity index (χ0n) is 12.2. The van der Waals surface area contributed by atoms with Gasteiger partial charge in [0.05, 0.1) is 0 Å². The lowest BCUT2D eigenvalue weighted by molar-refractivity contribution is -0.204. The fraction of sp³-hybridized carbons (Fsp3) is 0.400. The van der Waals surface area contributed by atoms with E-state index in [9.17, 15) is 24.7 Å². The average molecular weight is 309 g/mol. The first kappa shape index (κ1) is 17.6. The van der Waals surface area contributed by atoms with E-state index in [0.717, 1.165) is 12.5 Å². The van der Waals surface area contributed by atoms with Crippen LogP contribution in [0.3, 0.4) is 0 Å². The van der Waals surface area contributed by atoms with E-state index in [1.807, 2.05) is 30.3 Å². The van der Waals surface area contributed by atoms with Crippen LogP contribution in [-0.2, 0) is 20.8 Å². The van der Waals surface area contributed by atoms with Gasteiger partial charge in [-0.1, -0.05) is 30.3 Å². The van der Waals surface area contributed by atoms with Gasteiger partial charge in [0.1, 0.15) is 0 Å². The Morgan fingerprint density at radius 2 is 1.68 bits per heavy atom. The van der Waals surface area contributed by atoms with Gasteiger partial charge in [-0.2, -0.15) is 0 Å². The van der Waals surface area contributed by atoms with Crippen molar-refractivity contribution in [3.8, 4) is 0 Å². The second kappa shape index (κ2) is 7.56. The summed E-state index contributed by atoms with van der Waals surface area (Å²) >= 11 is 0. The molecule has 22 heavy (non-hydrogen) atoms. The molecule has 0 aromatic heterocycles. The van der Waals surface area contributed by atoms with Crippen molar-refractivity contribution in [1.82, 2.24) is 5.06 Å².